The second-order valence-corrected chi connectivity index (χ2v) is 6.48. The monoisotopic (exact) mass is 418 g/mol. The molecule has 2 N–H and O–H groups in total. The van der Waals surface area contributed by atoms with Gasteiger partial charge in [0.15, 0.2) is 6.61 Å². The van der Waals surface area contributed by atoms with Crippen LogP contribution in [0.5, 0.6) is 5.75 Å². The largest absolute Gasteiger partial charge is 0.492 e. The predicted octanol–water partition coefficient (Wildman–Crippen LogP) is 4.03. The SMILES string of the molecule is CCOc1ccccc1NC(=O)COC(=O)CCCC(=O)Nc1ccc(Cl)cc1. The fraction of sp³-hybridized carbons (Fsp3) is 0.286. The molecule has 7 nitrogen and oxygen atoms in total. The van der Waals surface area contributed by atoms with E-state index in [2.05, 4.69) is 10.6 Å². The highest BCUT2D eigenvalue weighted by molar-refractivity contribution is 6.30. The van der Waals surface area contributed by atoms with Crippen LogP contribution in [0.2, 0.25) is 5.02 Å². The summed E-state index contributed by atoms with van der Waals surface area (Å²) in [6, 6.07) is 13.7. The summed E-state index contributed by atoms with van der Waals surface area (Å²) in [5.74, 6) is -0.685. The van der Waals surface area contributed by atoms with Crippen molar-refractivity contribution in [3.63, 3.8) is 0 Å². The van der Waals surface area contributed by atoms with Crippen molar-refractivity contribution in [2.24, 2.45) is 0 Å². The first kappa shape index (κ1) is 22.2. The van der Waals surface area contributed by atoms with E-state index in [0.717, 1.165) is 0 Å². The first-order valence-corrected chi connectivity index (χ1v) is 9.58. The van der Waals surface area contributed by atoms with E-state index in [1.54, 1.807) is 48.5 Å². The lowest BCUT2D eigenvalue weighted by Gasteiger charge is -2.11. The van der Waals surface area contributed by atoms with Crippen LogP contribution >= 0.6 is 11.6 Å². The molecule has 0 bridgehead atoms. The van der Waals surface area contributed by atoms with Gasteiger partial charge in [-0.1, -0.05) is 23.7 Å². The maximum atomic E-state index is 12.0. The van der Waals surface area contributed by atoms with Gasteiger partial charge in [0, 0.05) is 23.6 Å². The molecule has 2 amide bonds. The summed E-state index contributed by atoms with van der Waals surface area (Å²) in [5, 5.41) is 5.93. The molecule has 29 heavy (non-hydrogen) atoms. The Morgan fingerprint density at radius 3 is 2.38 bits per heavy atom. The summed E-state index contributed by atoms with van der Waals surface area (Å²) in [4.78, 5) is 35.6. The van der Waals surface area contributed by atoms with Crippen molar-refractivity contribution >= 4 is 40.8 Å². The smallest absolute Gasteiger partial charge is 0.306 e. The molecule has 8 heteroatoms. The van der Waals surface area contributed by atoms with Crippen molar-refractivity contribution in [3.05, 3.63) is 53.6 Å². The van der Waals surface area contributed by atoms with Crippen LogP contribution in [0.3, 0.4) is 0 Å². The minimum absolute atomic E-state index is 0.0385. The topological polar surface area (TPSA) is 93.7 Å². The second-order valence-electron chi connectivity index (χ2n) is 6.05. The van der Waals surface area contributed by atoms with Crippen LogP contribution in [0.4, 0.5) is 11.4 Å². The van der Waals surface area contributed by atoms with Gasteiger partial charge >= 0.3 is 5.97 Å². The van der Waals surface area contributed by atoms with Crippen LogP contribution in [0.1, 0.15) is 26.2 Å². The zero-order chi connectivity index (χ0) is 21.1. The quantitative estimate of drug-likeness (QED) is 0.568. The number of nitrogens with one attached hydrogen (secondary N) is 2. The first-order chi connectivity index (χ1) is 14.0. The molecule has 0 aliphatic heterocycles. The number of para-hydroxylation sites is 2. The molecule has 0 radical (unpaired) electrons. The summed E-state index contributed by atoms with van der Waals surface area (Å²) in [7, 11) is 0. The summed E-state index contributed by atoms with van der Waals surface area (Å²) in [6.07, 6.45) is 0.509. The number of halogens is 1. The maximum absolute atomic E-state index is 12.0. The fourth-order valence-electron chi connectivity index (χ4n) is 2.41. The van der Waals surface area contributed by atoms with Gasteiger partial charge in [-0.15, -0.1) is 0 Å². The summed E-state index contributed by atoms with van der Waals surface area (Å²) in [6.45, 7) is 1.90. The molecule has 0 fully saturated rings. The highest BCUT2D eigenvalue weighted by Crippen LogP contribution is 2.23. The van der Waals surface area contributed by atoms with E-state index in [1.165, 1.54) is 0 Å². The van der Waals surface area contributed by atoms with Gasteiger partial charge < -0.3 is 20.1 Å². The standard InChI is InChI=1S/C21H23ClN2O5/c1-2-28-18-7-4-3-6-17(18)24-20(26)14-29-21(27)9-5-8-19(25)23-16-12-10-15(22)11-13-16/h3-4,6-7,10-13H,2,5,8-9,14H2,1H3,(H,23,25)(H,24,26). The Bertz CT molecular complexity index is 839. The van der Waals surface area contributed by atoms with Gasteiger partial charge in [-0.2, -0.15) is 0 Å². The van der Waals surface area contributed by atoms with Crippen molar-refractivity contribution < 1.29 is 23.9 Å². The highest BCUT2D eigenvalue weighted by Gasteiger charge is 2.11. The van der Waals surface area contributed by atoms with Crippen LogP contribution in [0.15, 0.2) is 48.5 Å². The molecule has 0 aliphatic carbocycles. The van der Waals surface area contributed by atoms with E-state index in [-0.39, 0.29) is 18.7 Å². The van der Waals surface area contributed by atoms with Crippen LogP contribution in [-0.2, 0) is 19.1 Å². The van der Waals surface area contributed by atoms with Crippen molar-refractivity contribution in [1.82, 2.24) is 0 Å². The molecule has 2 aromatic carbocycles. The number of carbonyl (C=O) groups is 3. The Kier molecular flexibility index (Phi) is 8.98. The fourth-order valence-corrected chi connectivity index (χ4v) is 2.53. The molecular weight excluding hydrogens is 396 g/mol. The number of hydrogen-bond donors (Lipinski definition) is 2. The summed E-state index contributed by atoms with van der Waals surface area (Å²) in [5.41, 5.74) is 1.14. The van der Waals surface area contributed by atoms with Gasteiger partial charge in [0.25, 0.3) is 5.91 Å². The number of rotatable bonds is 10. The van der Waals surface area contributed by atoms with Crippen molar-refractivity contribution in [2.75, 3.05) is 23.8 Å². The minimum atomic E-state index is -0.544. The van der Waals surface area contributed by atoms with Crippen molar-refractivity contribution in [2.45, 2.75) is 26.2 Å². The molecule has 0 saturated heterocycles. The second kappa shape index (κ2) is 11.7. The zero-order valence-corrected chi connectivity index (χ0v) is 16.8. The van der Waals surface area contributed by atoms with E-state index < -0.39 is 18.5 Å². The Morgan fingerprint density at radius 2 is 1.66 bits per heavy atom. The number of anilines is 2. The van der Waals surface area contributed by atoms with Crippen molar-refractivity contribution in [1.29, 1.82) is 0 Å². The lowest BCUT2D eigenvalue weighted by Crippen LogP contribution is -2.21. The van der Waals surface area contributed by atoms with E-state index >= 15 is 0 Å². The number of amides is 2. The van der Waals surface area contributed by atoms with Gasteiger partial charge in [0.05, 0.1) is 12.3 Å². The van der Waals surface area contributed by atoms with Gasteiger partial charge in [0.2, 0.25) is 5.91 Å². The number of hydrogen-bond acceptors (Lipinski definition) is 5. The molecule has 154 valence electrons. The average Bonchev–Trinajstić information content (AvgIpc) is 2.70. The van der Waals surface area contributed by atoms with Gasteiger partial charge in [-0.3, -0.25) is 14.4 Å². The molecule has 0 aromatic heterocycles. The van der Waals surface area contributed by atoms with Gasteiger partial charge in [0.1, 0.15) is 5.75 Å². The van der Waals surface area contributed by atoms with Gasteiger partial charge in [-0.05, 0) is 49.7 Å². The van der Waals surface area contributed by atoms with E-state index in [1.807, 2.05) is 6.92 Å². The lowest BCUT2D eigenvalue weighted by atomic mass is 10.2. The van der Waals surface area contributed by atoms with Crippen LogP contribution in [0, 0.1) is 0 Å². The molecule has 0 heterocycles. The zero-order valence-electron chi connectivity index (χ0n) is 16.1. The number of esters is 1. The molecule has 2 rings (SSSR count). The number of benzene rings is 2. The maximum Gasteiger partial charge on any atom is 0.306 e. The van der Waals surface area contributed by atoms with E-state index in [9.17, 15) is 14.4 Å². The first-order valence-electron chi connectivity index (χ1n) is 9.20. The Morgan fingerprint density at radius 1 is 0.931 bits per heavy atom. The molecule has 0 unspecified atom stereocenters. The number of ether oxygens (including phenoxy) is 2. The third-order valence-electron chi connectivity index (χ3n) is 3.74. The molecule has 2 aromatic rings. The summed E-state index contributed by atoms with van der Waals surface area (Å²) < 4.78 is 10.4. The molecule has 0 spiro atoms. The Labute approximate surface area is 174 Å². The third-order valence-corrected chi connectivity index (χ3v) is 3.99. The molecular formula is C21H23ClN2O5. The van der Waals surface area contributed by atoms with Gasteiger partial charge in [-0.25, -0.2) is 0 Å². The lowest BCUT2D eigenvalue weighted by molar-refractivity contribution is -0.147. The van der Waals surface area contributed by atoms with E-state index in [0.29, 0.717) is 35.2 Å². The number of carbonyl (C=O) groups excluding carboxylic acids is 3. The molecule has 0 saturated carbocycles. The van der Waals surface area contributed by atoms with Crippen LogP contribution < -0.4 is 15.4 Å². The Hall–Kier alpha value is -3.06. The van der Waals surface area contributed by atoms with Crippen LogP contribution in [0.25, 0.3) is 0 Å². The third kappa shape index (κ3) is 8.23. The predicted molar refractivity (Wildman–Crippen MR) is 111 cm³/mol. The molecule has 0 atom stereocenters. The van der Waals surface area contributed by atoms with Crippen LogP contribution in [-0.4, -0.2) is 31.0 Å². The average molecular weight is 419 g/mol. The molecule has 0 aliphatic rings. The Balaban J connectivity index is 1.66. The normalized spacial score (nSPS) is 10.1. The minimum Gasteiger partial charge on any atom is -0.492 e. The summed E-state index contributed by atoms with van der Waals surface area (Å²) >= 11 is 5.79. The van der Waals surface area contributed by atoms with Crippen molar-refractivity contribution in [3.8, 4) is 5.75 Å². The van der Waals surface area contributed by atoms with E-state index in [4.69, 9.17) is 21.1 Å². The highest BCUT2D eigenvalue weighted by atomic mass is 35.5.